The summed E-state index contributed by atoms with van der Waals surface area (Å²) in [5.41, 5.74) is 1.20. The summed E-state index contributed by atoms with van der Waals surface area (Å²) in [6.07, 6.45) is -1.17. The van der Waals surface area contributed by atoms with Gasteiger partial charge < -0.3 is 14.8 Å². The molecule has 1 amide bonds. The minimum absolute atomic E-state index is 0.288. The number of nitrogens with one attached hydrogen (secondary N) is 1. The molecular weight excluding hydrogens is 361 g/mol. The number of ether oxygens (including phenoxy) is 2. The molecular formula is C22H18FNO4. The van der Waals surface area contributed by atoms with E-state index in [0.717, 1.165) is 0 Å². The highest BCUT2D eigenvalue weighted by Gasteiger charge is 2.25. The molecule has 0 saturated heterocycles. The Balaban J connectivity index is 1.81. The normalized spacial score (nSPS) is 11.4. The van der Waals surface area contributed by atoms with Gasteiger partial charge in [0.1, 0.15) is 11.6 Å². The van der Waals surface area contributed by atoms with Crippen LogP contribution >= 0.6 is 0 Å². The Labute approximate surface area is 161 Å². The summed E-state index contributed by atoms with van der Waals surface area (Å²) >= 11 is 0. The van der Waals surface area contributed by atoms with Gasteiger partial charge in [-0.2, -0.15) is 0 Å². The van der Waals surface area contributed by atoms with Gasteiger partial charge >= 0.3 is 5.97 Å². The summed E-state index contributed by atoms with van der Waals surface area (Å²) in [6, 6.07) is 20.4. The van der Waals surface area contributed by atoms with E-state index in [-0.39, 0.29) is 5.56 Å². The topological polar surface area (TPSA) is 64.6 Å². The van der Waals surface area contributed by atoms with Gasteiger partial charge in [0.05, 0.1) is 12.7 Å². The zero-order valence-electron chi connectivity index (χ0n) is 15.1. The average molecular weight is 379 g/mol. The summed E-state index contributed by atoms with van der Waals surface area (Å²) < 4.78 is 23.6. The van der Waals surface area contributed by atoms with E-state index >= 15 is 0 Å². The highest BCUT2D eigenvalue weighted by molar-refractivity contribution is 5.98. The molecule has 0 heterocycles. The van der Waals surface area contributed by atoms with E-state index in [1.54, 1.807) is 54.6 Å². The van der Waals surface area contributed by atoms with Crippen LogP contribution in [0.1, 0.15) is 22.0 Å². The zero-order valence-corrected chi connectivity index (χ0v) is 15.1. The molecule has 142 valence electrons. The molecule has 0 saturated carbocycles. The van der Waals surface area contributed by atoms with Crippen molar-refractivity contribution < 1.29 is 23.5 Å². The second kappa shape index (κ2) is 8.81. The van der Waals surface area contributed by atoms with Crippen LogP contribution < -0.4 is 10.1 Å². The number of carbonyl (C=O) groups excluding carboxylic acids is 2. The SMILES string of the molecule is COc1ccc(C(=O)OC(C(=O)Nc2ccc(F)cc2)c2ccccc2)cc1. The summed E-state index contributed by atoms with van der Waals surface area (Å²) in [5, 5.41) is 2.64. The van der Waals surface area contributed by atoms with E-state index in [2.05, 4.69) is 5.32 Å². The van der Waals surface area contributed by atoms with E-state index in [0.29, 0.717) is 17.0 Å². The number of rotatable bonds is 6. The number of anilines is 1. The van der Waals surface area contributed by atoms with Gasteiger partial charge in [0.15, 0.2) is 0 Å². The highest BCUT2D eigenvalue weighted by Crippen LogP contribution is 2.22. The molecule has 0 aliphatic carbocycles. The Morgan fingerprint density at radius 3 is 2.14 bits per heavy atom. The van der Waals surface area contributed by atoms with Crippen molar-refractivity contribution in [1.29, 1.82) is 0 Å². The number of amides is 1. The van der Waals surface area contributed by atoms with Gasteiger partial charge in [0.25, 0.3) is 5.91 Å². The molecule has 0 radical (unpaired) electrons. The first-order valence-electron chi connectivity index (χ1n) is 8.53. The molecule has 0 fully saturated rings. The highest BCUT2D eigenvalue weighted by atomic mass is 19.1. The molecule has 28 heavy (non-hydrogen) atoms. The minimum atomic E-state index is -1.17. The van der Waals surface area contributed by atoms with Crippen molar-refractivity contribution in [3.05, 3.63) is 95.8 Å². The van der Waals surface area contributed by atoms with Crippen molar-refractivity contribution >= 4 is 17.6 Å². The maximum absolute atomic E-state index is 13.1. The first-order chi connectivity index (χ1) is 13.6. The zero-order chi connectivity index (χ0) is 19.9. The Kier molecular flexibility index (Phi) is 6.01. The van der Waals surface area contributed by atoms with E-state index in [1.165, 1.54) is 31.4 Å². The van der Waals surface area contributed by atoms with E-state index in [4.69, 9.17) is 9.47 Å². The number of hydrogen-bond donors (Lipinski definition) is 1. The standard InChI is InChI=1S/C22H18FNO4/c1-27-19-13-7-16(8-14-19)22(26)28-20(15-5-3-2-4-6-15)21(25)24-18-11-9-17(23)10-12-18/h2-14,20H,1H3,(H,24,25). The van der Waals surface area contributed by atoms with Crippen LogP contribution in [0.2, 0.25) is 0 Å². The van der Waals surface area contributed by atoms with Gasteiger partial charge in [-0.15, -0.1) is 0 Å². The maximum Gasteiger partial charge on any atom is 0.339 e. The fourth-order valence-corrected chi connectivity index (χ4v) is 2.54. The Morgan fingerprint density at radius 1 is 0.893 bits per heavy atom. The molecule has 1 N–H and O–H groups in total. The third kappa shape index (κ3) is 4.73. The molecule has 0 aliphatic heterocycles. The van der Waals surface area contributed by atoms with Crippen LogP contribution in [-0.2, 0) is 9.53 Å². The molecule has 0 aromatic heterocycles. The summed E-state index contributed by atoms with van der Waals surface area (Å²) in [7, 11) is 1.53. The maximum atomic E-state index is 13.1. The number of halogens is 1. The van der Waals surface area contributed by atoms with E-state index in [9.17, 15) is 14.0 Å². The number of methoxy groups -OCH3 is 1. The van der Waals surface area contributed by atoms with Gasteiger partial charge in [-0.05, 0) is 48.5 Å². The Hall–Kier alpha value is -3.67. The van der Waals surface area contributed by atoms with Crippen LogP contribution in [-0.4, -0.2) is 19.0 Å². The molecule has 3 rings (SSSR count). The van der Waals surface area contributed by atoms with Crippen molar-refractivity contribution in [2.45, 2.75) is 6.10 Å². The fourth-order valence-electron chi connectivity index (χ4n) is 2.54. The van der Waals surface area contributed by atoms with Crippen LogP contribution in [0, 0.1) is 5.82 Å². The number of carbonyl (C=O) groups is 2. The quantitative estimate of drug-likeness (QED) is 0.646. The van der Waals surface area contributed by atoms with Crippen LogP contribution in [0.5, 0.6) is 5.75 Å². The second-order valence-electron chi connectivity index (χ2n) is 5.92. The lowest BCUT2D eigenvalue weighted by Gasteiger charge is -2.18. The van der Waals surface area contributed by atoms with Gasteiger partial charge in [0.2, 0.25) is 6.10 Å². The molecule has 0 spiro atoms. The smallest absolute Gasteiger partial charge is 0.339 e. The van der Waals surface area contributed by atoms with Crippen LogP contribution in [0.3, 0.4) is 0 Å². The van der Waals surface area contributed by atoms with E-state index < -0.39 is 23.8 Å². The molecule has 1 unspecified atom stereocenters. The lowest BCUT2D eigenvalue weighted by molar-refractivity contribution is -0.125. The monoisotopic (exact) mass is 379 g/mol. The van der Waals surface area contributed by atoms with Gasteiger partial charge in [0, 0.05) is 11.3 Å². The Morgan fingerprint density at radius 2 is 1.54 bits per heavy atom. The van der Waals surface area contributed by atoms with Crippen LogP contribution in [0.4, 0.5) is 10.1 Å². The van der Waals surface area contributed by atoms with Crippen LogP contribution in [0.15, 0.2) is 78.9 Å². The summed E-state index contributed by atoms with van der Waals surface area (Å²) in [5.74, 6) is -1.00. The van der Waals surface area contributed by atoms with Crippen molar-refractivity contribution in [1.82, 2.24) is 0 Å². The molecule has 1 atom stereocenters. The molecule has 3 aromatic carbocycles. The third-order valence-corrected chi connectivity index (χ3v) is 4.00. The van der Waals surface area contributed by atoms with Crippen molar-refractivity contribution in [3.63, 3.8) is 0 Å². The molecule has 3 aromatic rings. The predicted molar refractivity (Wildman–Crippen MR) is 103 cm³/mol. The van der Waals surface area contributed by atoms with Gasteiger partial charge in [-0.1, -0.05) is 30.3 Å². The fraction of sp³-hybridized carbons (Fsp3) is 0.0909. The summed E-state index contributed by atoms with van der Waals surface area (Å²) in [4.78, 5) is 25.3. The summed E-state index contributed by atoms with van der Waals surface area (Å²) in [6.45, 7) is 0. The first-order valence-corrected chi connectivity index (χ1v) is 8.53. The van der Waals surface area contributed by atoms with Crippen LogP contribution in [0.25, 0.3) is 0 Å². The van der Waals surface area contributed by atoms with Crippen molar-refractivity contribution in [3.8, 4) is 5.75 Å². The number of benzene rings is 3. The second-order valence-corrected chi connectivity index (χ2v) is 5.92. The molecule has 6 heteroatoms. The lowest BCUT2D eigenvalue weighted by atomic mass is 10.1. The van der Waals surface area contributed by atoms with Gasteiger partial charge in [-0.3, -0.25) is 4.79 Å². The van der Waals surface area contributed by atoms with Crippen molar-refractivity contribution in [2.24, 2.45) is 0 Å². The van der Waals surface area contributed by atoms with E-state index in [1.807, 2.05) is 0 Å². The first kappa shape index (κ1) is 19.1. The molecule has 0 bridgehead atoms. The predicted octanol–water partition coefficient (Wildman–Crippen LogP) is 4.37. The molecule has 5 nitrogen and oxygen atoms in total. The Bertz CT molecular complexity index is 941. The number of hydrogen-bond acceptors (Lipinski definition) is 4. The third-order valence-electron chi connectivity index (χ3n) is 4.00. The minimum Gasteiger partial charge on any atom is -0.497 e. The molecule has 0 aliphatic rings. The number of esters is 1. The lowest BCUT2D eigenvalue weighted by Crippen LogP contribution is -2.26. The van der Waals surface area contributed by atoms with Crippen molar-refractivity contribution in [2.75, 3.05) is 12.4 Å². The van der Waals surface area contributed by atoms with Gasteiger partial charge in [-0.25, -0.2) is 9.18 Å². The average Bonchev–Trinajstić information content (AvgIpc) is 2.74. The largest absolute Gasteiger partial charge is 0.497 e.